The smallest absolute Gasteiger partial charge is 0.232 e. The summed E-state index contributed by atoms with van der Waals surface area (Å²) in [6.45, 7) is 4.40. The molecule has 0 radical (unpaired) electrons. The average Bonchev–Trinajstić information content (AvgIpc) is 2.89. The fourth-order valence-corrected chi connectivity index (χ4v) is 3.11. The minimum atomic E-state index is 0. The zero-order valence-corrected chi connectivity index (χ0v) is 14.1. The summed E-state index contributed by atoms with van der Waals surface area (Å²) in [5.74, 6) is 1.51. The minimum Gasteiger partial charge on any atom is -0.497 e. The lowest BCUT2D eigenvalue weighted by molar-refractivity contribution is -0.127. The van der Waals surface area contributed by atoms with E-state index >= 15 is 0 Å². The Labute approximate surface area is 136 Å². The van der Waals surface area contributed by atoms with E-state index < -0.39 is 0 Å². The van der Waals surface area contributed by atoms with Crippen molar-refractivity contribution >= 4 is 30.1 Å². The molecule has 6 heteroatoms. The number of hydrogen-bond donors (Lipinski definition) is 1. The number of nitrogens with zero attached hydrogens (tertiary/aromatic N) is 1. The molecule has 1 fully saturated rings. The summed E-state index contributed by atoms with van der Waals surface area (Å²) in [5.41, 5.74) is 5.87. The van der Waals surface area contributed by atoms with Gasteiger partial charge in [-0.15, -0.1) is 24.2 Å². The van der Waals surface area contributed by atoms with Crippen LogP contribution in [0.3, 0.4) is 0 Å². The number of nitrogens with two attached hydrogens (primary N) is 1. The van der Waals surface area contributed by atoms with E-state index in [9.17, 15) is 4.79 Å². The fraction of sp³-hybridized carbons (Fsp3) is 0.533. The molecule has 21 heavy (non-hydrogen) atoms. The predicted octanol–water partition coefficient (Wildman–Crippen LogP) is 2.41. The van der Waals surface area contributed by atoms with E-state index in [1.807, 2.05) is 29.2 Å². The highest BCUT2D eigenvalue weighted by molar-refractivity contribution is 8.00. The molecule has 1 aliphatic heterocycles. The molecular formula is C15H23ClN2O2S. The number of thioether (sulfide) groups is 1. The second-order valence-corrected chi connectivity index (χ2v) is 6.59. The Hall–Kier alpha value is -0.910. The van der Waals surface area contributed by atoms with Crippen LogP contribution >= 0.6 is 24.2 Å². The van der Waals surface area contributed by atoms with Crippen molar-refractivity contribution in [3.05, 3.63) is 24.3 Å². The van der Waals surface area contributed by atoms with Crippen LogP contribution in [0.2, 0.25) is 0 Å². The van der Waals surface area contributed by atoms with Crippen LogP contribution in [0.1, 0.15) is 13.3 Å². The van der Waals surface area contributed by atoms with Gasteiger partial charge in [0, 0.05) is 18.0 Å². The number of rotatable bonds is 5. The van der Waals surface area contributed by atoms with Crippen LogP contribution in [-0.2, 0) is 4.79 Å². The Balaban J connectivity index is 0.00000220. The summed E-state index contributed by atoms with van der Waals surface area (Å²) in [6, 6.07) is 7.78. The van der Waals surface area contributed by atoms with Crippen molar-refractivity contribution in [1.82, 2.24) is 4.90 Å². The standard InChI is InChI=1S/C15H22N2O2S.ClH/c1-15(10-16)7-8-17(11-15)14(18)9-20-13-5-3-12(19-2)4-6-13;/h3-6H,7-11,16H2,1-2H3;1H. The Bertz CT molecular complexity index is 469. The lowest BCUT2D eigenvalue weighted by Gasteiger charge is -2.22. The van der Waals surface area contributed by atoms with Gasteiger partial charge in [-0.1, -0.05) is 6.92 Å². The van der Waals surface area contributed by atoms with Gasteiger partial charge in [-0.2, -0.15) is 0 Å². The summed E-state index contributed by atoms with van der Waals surface area (Å²) in [7, 11) is 1.65. The SMILES string of the molecule is COc1ccc(SCC(=O)N2CCC(C)(CN)C2)cc1.Cl. The molecule has 0 bridgehead atoms. The largest absolute Gasteiger partial charge is 0.497 e. The molecule has 4 nitrogen and oxygen atoms in total. The van der Waals surface area contributed by atoms with E-state index in [2.05, 4.69) is 6.92 Å². The van der Waals surface area contributed by atoms with Crippen LogP contribution in [-0.4, -0.2) is 43.3 Å². The van der Waals surface area contributed by atoms with E-state index in [-0.39, 0.29) is 23.7 Å². The number of hydrogen-bond acceptors (Lipinski definition) is 4. The normalized spacial score (nSPS) is 21.0. The number of likely N-dealkylation sites (tertiary alicyclic amines) is 1. The maximum atomic E-state index is 12.2. The van der Waals surface area contributed by atoms with Gasteiger partial charge in [0.05, 0.1) is 12.9 Å². The Morgan fingerprint density at radius 1 is 1.43 bits per heavy atom. The average molecular weight is 331 g/mol. The van der Waals surface area contributed by atoms with Crippen molar-refractivity contribution in [3.63, 3.8) is 0 Å². The number of amides is 1. The van der Waals surface area contributed by atoms with E-state index in [4.69, 9.17) is 10.5 Å². The van der Waals surface area contributed by atoms with Gasteiger partial charge in [-0.25, -0.2) is 0 Å². The number of benzene rings is 1. The molecule has 1 saturated heterocycles. The summed E-state index contributed by atoms with van der Waals surface area (Å²) in [5, 5.41) is 0. The van der Waals surface area contributed by atoms with Crippen molar-refractivity contribution in [2.45, 2.75) is 18.2 Å². The van der Waals surface area contributed by atoms with Crippen molar-refractivity contribution in [3.8, 4) is 5.75 Å². The van der Waals surface area contributed by atoms with Crippen molar-refractivity contribution in [2.24, 2.45) is 11.1 Å². The third kappa shape index (κ3) is 4.80. The van der Waals surface area contributed by atoms with Crippen LogP contribution in [0.5, 0.6) is 5.75 Å². The van der Waals surface area contributed by atoms with Crippen molar-refractivity contribution in [1.29, 1.82) is 0 Å². The Kier molecular flexibility index (Phi) is 6.84. The first-order valence-electron chi connectivity index (χ1n) is 6.81. The van der Waals surface area contributed by atoms with E-state index in [1.54, 1.807) is 18.9 Å². The zero-order chi connectivity index (χ0) is 14.6. The van der Waals surface area contributed by atoms with Crippen LogP contribution in [0.4, 0.5) is 0 Å². The van der Waals surface area contributed by atoms with Crippen molar-refractivity contribution in [2.75, 3.05) is 32.5 Å². The monoisotopic (exact) mass is 330 g/mol. The lowest BCUT2D eigenvalue weighted by Crippen LogP contribution is -2.35. The topological polar surface area (TPSA) is 55.6 Å². The number of halogens is 1. The van der Waals surface area contributed by atoms with Gasteiger partial charge in [0.15, 0.2) is 0 Å². The number of carbonyl (C=O) groups is 1. The second-order valence-electron chi connectivity index (χ2n) is 5.54. The van der Waals surface area contributed by atoms with Crippen LogP contribution in [0, 0.1) is 5.41 Å². The third-order valence-corrected chi connectivity index (χ3v) is 4.82. The fourth-order valence-electron chi connectivity index (χ4n) is 2.31. The van der Waals surface area contributed by atoms with Crippen LogP contribution in [0.15, 0.2) is 29.2 Å². The molecule has 0 spiro atoms. The van der Waals surface area contributed by atoms with Crippen LogP contribution in [0.25, 0.3) is 0 Å². The summed E-state index contributed by atoms with van der Waals surface area (Å²) >= 11 is 1.56. The molecule has 0 aromatic heterocycles. The van der Waals surface area contributed by atoms with Gasteiger partial charge < -0.3 is 15.4 Å². The maximum Gasteiger partial charge on any atom is 0.232 e. The molecule has 0 aliphatic carbocycles. The molecule has 2 rings (SSSR count). The first-order chi connectivity index (χ1) is 9.56. The van der Waals surface area contributed by atoms with E-state index in [0.29, 0.717) is 12.3 Å². The molecular weight excluding hydrogens is 308 g/mol. The van der Waals surface area contributed by atoms with Gasteiger partial charge >= 0.3 is 0 Å². The summed E-state index contributed by atoms with van der Waals surface area (Å²) in [4.78, 5) is 15.2. The van der Waals surface area contributed by atoms with E-state index in [0.717, 1.165) is 30.2 Å². The Morgan fingerprint density at radius 3 is 2.62 bits per heavy atom. The number of methoxy groups -OCH3 is 1. The molecule has 1 heterocycles. The molecule has 118 valence electrons. The maximum absolute atomic E-state index is 12.2. The molecule has 1 atom stereocenters. The molecule has 1 unspecified atom stereocenters. The van der Waals surface area contributed by atoms with Gasteiger partial charge in [0.25, 0.3) is 0 Å². The summed E-state index contributed by atoms with van der Waals surface area (Å²) in [6.07, 6.45) is 1.00. The number of carbonyl (C=O) groups excluding carboxylic acids is 1. The quantitative estimate of drug-likeness (QED) is 0.842. The van der Waals surface area contributed by atoms with Gasteiger partial charge in [0.1, 0.15) is 5.75 Å². The first kappa shape index (κ1) is 18.1. The van der Waals surface area contributed by atoms with Crippen LogP contribution < -0.4 is 10.5 Å². The predicted molar refractivity (Wildman–Crippen MR) is 89.3 cm³/mol. The second kappa shape index (κ2) is 7.92. The van der Waals surface area contributed by atoms with Gasteiger partial charge in [-0.3, -0.25) is 4.79 Å². The Morgan fingerprint density at radius 2 is 2.10 bits per heavy atom. The number of ether oxygens (including phenoxy) is 1. The molecule has 1 aromatic rings. The highest BCUT2D eigenvalue weighted by atomic mass is 35.5. The molecule has 1 aliphatic rings. The highest BCUT2D eigenvalue weighted by Crippen LogP contribution is 2.29. The zero-order valence-electron chi connectivity index (χ0n) is 12.5. The highest BCUT2D eigenvalue weighted by Gasteiger charge is 2.34. The molecule has 2 N–H and O–H groups in total. The van der Waals surface area contributed by atoms with E-state index in [1.165, 1.54) is 0 Å². The molecule has 1 amide bonds. The minimum absolute atomic E-state index is 0. The lowest BCUT2D eigenvalue weighted by atomic mass is 9.90. The third-order valence-electron chi connectivity index (χ3n) is 3.83. The van der Waals surface area contributed by atoms with Crippen molar-refractivity contribution < 1.29 is 9.53 Å². The summed E-state index contributed by atoms with van der Waals surface area (Å²) < 4.78 is 5.12. The molecule has 1 aromatic carbocycles. The van der Waals surface area contributed by atoms with Gasteiger partial charge in [0.2, 0.25) is 5.91 Å². The van der Waals surface area contributed by atoms with Gasteiger partial charge in [-0.05, 0) is 42.6 Å². The molecule has 0 saturated carbocycles. The first-order valence-corrected chi connectivity index (χ1v) is 7.79.